The van der Waals surface area contributed by atoms with Crippen LogP contribution < -0.4 is 14.8 Å². The van der Waals surface area contributed by atoms with Crippen LogP contribution in [-0.2, 0) is 6.54 Å². The van der Waals surface area contributed by atoms with Gasteiger partial charge in [0.2, 0.25) is 0 Å². The van der Waals surface area contributed by atoms with Crippen LogP contribution >= 0.6 is 11.6 Å². The van der Waals surface area contributed by atoms with Crippen LogP contribution in [0.1, 0.15) is 5.56 Å². The molecule has 0 heterocycles. The Hall–Kier alpha value is -1.78. The van der Waals surface area contributed by atoms with Crippen molar-refractivity contribution in [3.63, 3.8) is 0 Å². The first-order valence-electron chi connectivity index (χ1n) is 6.45. The predicted octanol–water partition coefficient (Wildman–Crippen LogP) is 3.88. The molecule has 0 bridgehead atoms. The van der Waals surface area contributed by atoms with Gasteiger partial charge in [-0.25, -0.2) is 4.39 Å². The highest BCUT2D eigenvalue weighted by Crippen LogP contribution is 2.36. The number of nitrogens with one attached hydrogen (secondary N) is 1. The summed E-state index contributed by atoms with van der Waals surface area (Å²) in [5.41, 5.74) is 2.52. The molecule has 0 amide bonds. The van der Waals surface area contributed by atoms with Crippen LogP contribution in [0.15, 0.2) is 30.3 Å². The Labute approximate surface area is 128 Å². The highest BCUT2D eigenvalue weighted by Gasteiger charge is 2.13. The molecule has 2 aromatic carbocycles. The summed E-state index contributed by atoms with van der Waals surface area (Å²) in [6.45, 7) is 0.615. The number of halogens is 2. The quantitative estimate of drug-likeness (QED) is 0.909. The Morgan fingerprint density at radius 3 is 2.29 bits per heavy atom. The van der Waals surface area contributed by atoms with E-state index in [9.17, 15) is 4.39 Å². The molecule has 3 nitrogen and oxygen atoms in total. The summed E-state index contributed by atoms with van der Waals surface area (Å²) in [6.07, 6.45) is 0. The summed E-state index contributed by atoms with van der Waals surface area (Å²) in [6, 6.07) is 8.17. The molecule has 0 aromatic heterocycles. The van der Waals surface area contributed by atoms with Gasteiger partial charge < -0.3 is 14.8 Å². The van der Waals surface area contributed by atoms with Crippen LogP contribution in [0.25, 0.3) is 11.1 Å². The molecule has 0 saturated carbocycles. The van der Waals surface area contributed by atoms with E-state index in [1.54, 1.807) is 20.3 Å². The topological polar surface area (TPSA) is 30.5 Å². The van der Waals surface area contributed by atoms with Crippen LogP contribution in [0, 0.1) is 5.82 Å². The zero-order valence-electron chi connectivity index (χ0n) is 12.2. The Morgan fingerprint density at radius 2 is 1.71 bits per heavy atom. The van der Waals surface area contributed by atoms with Crippen LogP contribution in [0.2, 0.25) is 5.02 Å². The van der Waals surface area contributed by atoms with Crippen LogP contribution in [0.3, 0.4) is 0 Å². The summed E-state index contributed by atoms with van der Waals surface area (Å²) >= 11 is 5.95. The molecular weight excluding hydrogens is 293 g/mol. The number of hydrogen-bond donors (Lipinski definition) is 1. The molecule has 112 valence electrons. The van der Waals surface area contributed by atoms with Crippen molar-refractivity contribution < 1.29 is 13.9 Å². The maximum atomic E-state index is 13.6. The summed E-state index contributed by atoms with van der Waals surface area (Å²) in [5.74, 6) is 0.851. The third-order valence-electron chi connectivity index (χ3n) is 3.15. The zero-order valence-corrected chi connectivity index (χ0v) is 12.9. The van der Waals surface area contributed by atoms with Crippen molar-refractivity contribution >= 4 is 11.6 Å². The van der Waals surface area contributed by atoms with Crippen molar-refractivity contribution in [3.8, 4) is 22.6 Å². The lowest BCUT2D eigenvalue weighted by atomic mass is 9.98. The molecule has 5 heteroatoms. The van der Waals surface area contributed by atoms with Crippen molar-refractivity contribution in [2.75, 3.05) is 21.3 Å². The summed E-state index contributed by atoms with van der Waals surface area (Å²) < 4.78 is 24.2. The van der Waals surface area contributed by atoms with Gasteiger partial charge in [-0.1, -0.05) is 11.6 Å². The maximum Gasteiger partial charge on any atom is 0.161 e. The highest BCUT2D eigenvalue weighted by molar-refractivity contribution is 6.30. The highest BCUT2D eigenvalue weighted by atomic mass is 35.5. The van der Waals surface area contributed by atoms with Gasteiger partial charge in [0.15, 0.2) is 11.5 Å². The molecule has 2 aromatic rings. The standard InChI is InChI=1S/C16H17ClFNO2/c1-19-9-11-6-15(20-2)16(21-3)8-14(11)10-4-12(17)7-13(18)5-10/h4-8,19H,9H2,1-3H3. The van der Waals surface area contributed by atoms with Crippen molar-refractivity contribution in [2.45, 2.75) is 6.54 Å². The van der Waals surface area contributed by atoms with Gasteiger partial charge in [-0.2, -0.15) is 0 Å². The lowest BCUT2D eigenvalue weighted by Gasteiger charge is -2.15. The van der Waals surface area contributed by atoms with E-state index in [0.29, 0.717) is 28.6 Å². The second kappa shape index (κ2) is 6.78. The minimum absolute atomic E-state index is 0.357. The molecule has 0 saturated heterocycles. The summed E-state index contributed by atoms with van der Waals surface area (Å²) in [5, 5.41) is 3.45. The Morgan fingerprint density at radius 1 is 1.05 bits per heavy atom. The van der Waals surface area contributed by atoms with Crippen LogP contribution in [-0.4, -0.2) is 21.3 Å². The van der Waals surface area contributed by atoms with Crippen LogP contribution in [0.5, 0.6) is 11.5 Å². The Bertz CT molecular complexity index is 626. The first-order valence-corrected chi connectivity index (χ1v) is 6.82. The minimum atomic E-state index is -0.373. The molecule has 0 unspecified atom stereocenters. The van der Waals surface area contributed by atoms with E-state index in [0.717, 1.165) is 11.1 Å². The zero-order chi connectivity index (χ0) is 15.4. The van der Waals surface area contributed by atoms with E-state index >= 15 is 0 Å². The van der Waals surface area contributed by atoms with Crippen molar-refractivity contribution in [3.05, 3.63) is 46.7 Å². The fourth-order valence-electron chi connectivity index (χ4n) is 2.24. The van der Waals surface area contributed by atoms with Crippen molar-refractivity contribution in [2.24, 2.45) is 0 Å². The normalized spacial score (nSPS) is 10.5. The van der Waals surface area contributed by atoms with Gasteiger partial charge in [-0.3, -0.25) is 0 Å². The first-order chi connectivity index (χ1) is 10.1. The molecule has 0 aliphatic heterocycles. The molecule has 0 atom stereocenters. The van der Waals surface area contributed by atoms with E-state index in [4.69, 9.17) is 21.1 Å². The van der Waals surface area contributed by atoms with Crippen LogP contribution in [0.4, 0.5) is 4.39 Å². The van der Waals surface area contributed by atoms with Crippen molar-refractivity contribution in [1.82, 2.24) is 5.32 Å². The molecule has 21 heavy (non-hydrogen) atoms. The molecule has 0 spiro atoms. The van der Waals surface area contributed by atoms with E-state index in [1.807, 2.05) is 19.2 Å². The largest absolute Gasteiger partial charge is 0.493 e. The fraction of sp³-hybridized carbons (Fsp3) is 0.250. The first kappa shape index (κ1) is 15.6. The molecule has 0 aliphatic carbocycles. The Balaban J connectivity index is 2.64. The minimum Gasteiger partial charge on any atom is -0.493 e. The van der Waals surface area contributed by atoms with Gasteiger partial charge in [0.1, 0.15) is 5.82 Å². The van der Waals surface area contributed by atoms with E-state index in [2.05, 4.69) is 5.32 Å². The third kappa shape index (κ3) is 3.46. The van der Waals surface area contributed by atoms with Gasteiger partial charge >= 0.3 is 0 Å². The molecule has 1 N–H and O–H groups in total. The number of ether oxygens (including phenoxy) is 2. The lowest BCUT2D eigenvalue weighted by Crippen LogP contribution is -2.07. The number of methoxy groups -OCH3 is 2. The third-order valence-corrected chi connectivity index (χ3v) is 3.37. The molecule has 0 aliphatic rings. The van der Waals surface area contributed by atoms with Gasteiger partial charge in [-0.05, 0) is 54.1 Å². The van der Waals surface area contributed by atoms with Gasteiger partial charge in [-0.15, -0.1) is 0 Å². The van der Waals surface area contributed by atoms with Gasteiger partial charge in [0.05, 0.1) is 14.2 Å². The Kier molecular flexibility index (Phi) is 5.04. The SMILES string of the molecule is CNCc1cc(OC)c(OC)cc1-c1cc(F)cc(Cl)c1. The van der Waals surface area contributed by atoms with E-state index in [1.165, 1.54) is 12.1 Å². The molecule has 0 radical (unpaired) electrons. The average Bonchev–Trinajstić information content (AvgIpc) is 2.46. The summed E-state index contributed by atoms with van der Waals surface area (Å²) in [4.78, 5) is 0. The molecule has 0 fully saturated rings. The van der Waals surface area contributed by atoms with E-state index in [-0.39, 0.29) is 5.82 Å². The average molecular weight is 310 g/mol. The van der Waals surface area contributed by atoms with Gasteiger partial charge in [0.25, 0.3) is 0 Å². The fourth-order valence-corrected chi connectivity index (χ4v) is 2.46. The molecular formula is C16H17ClFNO2. The lowest BCUT2D eigenvalue weighted by molar-refractivity contribution is 0.354. The number of benzene rings is 2. The molecule has 2 rings (SSSR count). The maximum absolute atomic E-state index is 13.6. The number of hydrogen-bond acceptors (Lipinski definition) is 3. The van der Waals surface area contributed by atoms with Gasteiger partial charge in [0, 0.05) is 11.6 Å². The number of rotatable bonds is 5. The van der Waals surface area contributed by atoms with E-state index < -0.39 is 0 Å². The second-order valence-electron chi connectivity index (χ2n) is 4.55. The smallest absolute Gasteiger partial charge is 0.161 e. The monoisotopic (exact) mass is 309 g/mol. The van der Waals surface area contributed by atoms with Crippen molar-refractivity contribution in [1.29, 1.82) is 0 Å². The predicted molar refractivity (Wildman–Crippen MR) is 82.7 cm³/mol. The second-order valence-corrected chi connectivity index (χ2v) is 4.99. The summed E-state index contributed by atoms with van der Waals surface area (Å²) in [7, 11) is 5.00.